The van der Waals surface area contributed by atoms with Crippen LogP contribution in [0.1, 0.15) is 4.88 Å². The molecule has 3 aromatic rings. The summed E-state index contributed by atoms with van der Waals surface area (Å²) < 4.78 is 14.2. The maximum Gasteiger partial charge on any atom is 0.187 e. The van der Waals surface area contributed by atoms with Crippen molar-refractivity contribution in [2.75, 3.05) is 5.32 Å². The minimum absolute atomic E-state index is 0.00799. The van der Waals surface area contributed by atoms with Crippen LogP contribution in [0.3, 0.4) is 0 Å². The summed E-state index contributed by atoms with van der Waals surface area (Å²) in [5.41, 5.74) is 0.548. The number of hydrogen-bond donors (Lipinski definition) is 2. The number of benzene rings is 2. The van der Waals surface area contributed by atoms with Gasteiger partial charge in [0.15, 0.2) is 5.84 Å². The first-order valence-electron chi connectivity index (χ1n) is 6.10. The van der Waals surface area contributed by atoms with Gasteiger partial charge in [-0.15, -0.1) is 11.3 Å². The van der Waals surface area contributed by atoms with Crippen molar-refractivity contribution in [2.24, 2.45) is 5.16 Å². The molecule has 21 heavy (non-hydrogen) atoms. The van der Waals surface area contributed by atoms with Crippen molar-refractivity contribution in [1.82, 2.24) is 0 Å². The van der Waals surface area contributed by atoms with Crippen molar-refractivity contribution in [1.29, 1.82) is 0 Å². The van der Waals surface area contributed by atoms with E-state index in [4.69, 9.17) is 11.6 Å². The Balaban J connectivity index is 1.93. The Labute approximate surface area is 129 Å². The van der Waals surface area contributed by atoms with Gasteiger partial charge in [0, 0.05) is 10.4 Å². The summed E-state index contributed by atoms with van der Waals surface area (Å²) in [7, 11) is 0. The molecular formula is C15H10ClFN2OS. The van der Waals surface area contributed by atoms with Crippen LogP contribution in [-0.2, 0) is 0 Å². The van der Waals surface area contributed by atoms with E-state index in [2.05, 4.69) is 10.5 Å². The molecule has 0 radical (unpaired) electrons. The number of fused-ring (bicyclic) bond motifs is 1. The van der Waals surface area contributed by atoms with Crippen LogP contribution in [-0.4, -0.2) is 11.0 Å². The van der Waals surface area contributed by atoms with Gasteiger partial charge in [-0.3, -0.25) is 0 Å². The Morgan fingerprint density at radius 1 is 1.19 bits per heavy atom. The molecule has 0 saturated heterocycles. The van der Waals surface area contributed by atoms with Crippen LogP contribution >= 0.6 is 22.9 Å². The fourth-order valence-corrected chi connectivity index (χ4v) is 3.13. The van der Waals surface area contributed by atoms with Crippen LogP contribution in [0.25, 0.3) is 10.1 Å². The molecule has 1 heterocycles. The number of halogens is 2. The molecule has 0 amide bonds. The fourth-order valence-electron chi connectivity index (χ4n) is 1.95. The van der Waals surface area contributed by atoms with E-state index >= 15 is 0 Å². The van der Waals surface area contributed by atoms with Crippen LogP contribution < -0.4 is 5.32 Å². The van der Waals surface area contributed by atoms with Crippen LogP contribution in [0, 0.1) is 5.82 Å². The summed E-state index contributed by atoms with van der Waals surface area (Å²) in [6.45, 7) is 0. The molecule has 106 valence electrons. The maximum atomic E-state index is 13.1. The van der Waals surface area contributed by atoms with E-state index in [1.807, 2.05) is 30.3 Å². The van der Waals surface area contributed by atoms with Crippen molar-refractivity contribution < 1.29 is 9.60 Å². The minimum atomic E-state index is -0.494. The highest BCUT2D eigenvalue weighted by atomic mass is 35.5. The van der Waals surface area contributed by atoms with E-state index in [1.54, 1.807) is 0 Å². The summed E-state index contributed by atoms with van der Waals surface area (Å²) in [4.78, 5) is 0.777. The van der Waals surface area contributed by atoms with Gasteiger partial charge in [-0.25, -0.2) is 4.39 Å². The van der Waals surface area contributed by atoms with Crippen molar-refractivity contribution in [3.63, 3.8) is 0 Å². The Kier molecular flexibility index (Phi) is 3.77. The lowest BCUT2D eigenvalue weighted by Crippen LogP contribution is -2.12. The molecule has 2 aromatic carbocycles. The number of rotatable bonds is 2. The number of thiophene rings is 1. The van der Waals surface area contributed by atoms with Gasteiger partial charge in [-0.2, -0.15) is 0 Å². The highest BCUT2D eigenvalue weighted by Gasteiger charge is 2.10. The van der Waals surface area contributed by atoms with Gasteiger partial charge < -0.3 is 10.5 Å². The first-order chi connectivity index (χ1) is 10.2. The largest absolute Gasteiger partial charge is 0.409 e. The Bertz CT molecular complexity index is 798. The predicted molar refractivity (Wildman–Crippen MR) is 85.2 cm³/mol. The predicted octanol–water partition coefficient (Wildman–Crippen LogP) is 4.94. The van der Waals surface area contributed by atoms with Gasteiger partial charge in [0.2, 0.25) is 0 Å². The number of anilines is 1. The Hall–Kier alpha value is -2.11. The molecule has 2 N–H and O–H groups in total. The number of nitrogens with zero attached hydrogens (tertiary/aromatic N) is 1. The number of hydrogen-bond acceptors (Lipinski definition) is 3. The van der Waals surface area contributed by atoms with Crippen LogP contribution in [0.15, 0.2) is 53.7 Å². The lowest BCUT2D eigenvalue weighted by molar-refractivity contribution is 0.319. The van der Waals surface area contributed by atoms with Crippen LogP contribution in [0.4, 0.5) is 10.1 Å². The van der Waals surface area contributed by atoms with Gasteiger partial charge in [0.1, 0.15) is 5.82 Å². The summed E-state index contributed by atoms with van der Waals surface area (Å²) in [5, 5.41) is 16.5. The highest BCUT2D eigenvalue weighted by Crippen LogP contribution is 2.27. The Morgan fingerprint density at radius 3 is 2.71 bits per heavy atom. The summed E-state index contributed by atoms with van der Waals surface area (Å²) in [6, 6.07) is 14.0. The van der Waals surface area contributed by atoms with E-state index in [9.17, 15) is 9.60 Å². The third-order valence-electron chi connectivity index (χ3n) is 2.94. The second-order valence-electron chi connectivity index (χ2n) is 4.35. The third kappa shape index (κ3) is 2.84. The van der Waals surface area contributed by atoms with Gasteiger partial charge in [0.25, 0.3) is 0 Å². The topological polar surface area (TPSA) is 44.6 Å². The normalized spacial score (nSPS) is 11.8. The lowest BCUT2D eigenvalue weighted by atomic mass is 10.2. The molecule has 3 nitrogen and oxygen atoms in total. The van der Waals surface area contributed by atoms with Crippen LogP contribution in [0.2, 0.25) is 5.02 Å². The lowest BCUT2D eigenvalue weighted by Gasteiger charge is -2.07. The SMILES string of the molecule is O/N=C(/Nc1ccc(F)c(Cl)c1)c1cc2ccccc2s1. The van der Waals surface area contributed by atoms with Gasteiger partial charge >= 0.3 is 0 Å². The summed E-state index contributed by atoms with van der Waals surface area (Å²) in [6.07, 6.45) is 0. The van der Waals surface area contributed by atoms with Crippen molar-refractivity contribution in [3.05, 3.63) is 64.2 Å². The van der Waals surface area contributed by atoms with E-state index in [0.717, 1.165) is 15.0 Å². The van der Waals surface area contributed by atoms with Crippen LogP contribution in [0.5, 0.6) is 0 Å². The molecule has 0 aliphatic heterocycles. The molecule has 6 heteroatoms. The molecule has 0 fully saturated rings. The number of oxime groups is 1. The summed E-state index contributed by atoms with van der Waals surface area (Å²) in [5.74, 6) is -0.203. The quantitative estimate of drug-likeness (QED) is 0.304. The number of nitrogens with one attached hydrogen (secondary N) is 1. The third-order valence-corrected chi connectivity index (χ3v) is 4.35. The van der Waals surface area contributed by atoms with Crippen molar-refractivity contribution in [3.8, 4) is 0 Å². The zero-order valence-electron chi connectivity index (χ0n) is 10.7. The zero-order chi connectivity index (χ0) is 14.8. The minimum Gasteiger partial charge on any atom is -0.409 e. The first-order valence-corrected chi connectivity index (χ1v) is 7.30. The zero-order valence-corrected chi connectivity index (χ0v) is 12.2. The fraction of sp³-hybridized carbons (Fsp3) is 0. The van der Waals surface area contributed by atoms with Gasteiger partial charge in [0.05, 0.1) is 9.90 Å². The monoisotopic (exact) mass is 320 g/mol. The van der Waals surface area contributed by atoms with Crippen molar-refractivity contribution >= 4 is 44.5 Å². The standard InChI is InChI=1S/C15H10ClFN2OS/c16-11-8-10(5-6-12(11)17)18-15(19-20)14-7-9-3-1-2-4-13(9)21-14/h1-8,20H,(H,18,19). The molecule has 0 spiro atoms. The molecule has 1 aromatic heterocycles. The van der Waals surface area contributed by atoms with Gasteiger partial charge in [-0.1, -0.05) is 35.0 Å². The maximum absolute atomic E-state index is 13.1. The second kappa shape index (κ2) is 5.71. The Morgan fingerprint density at radius 2 is 2.00 bits per heavy atom. The molecule has 0 saturated carbocycles. The first kappa shape index (κ1) is 13.9. The van der Waals surface area contributed by atoms with Crippen molar-refractivity contribution in [2.45, 2.75) is 0 Å². The van der Waals surface area contributed by atoms with E-state index in [1.165, 1.54) is 29.5 Å². The second-order valence-corrected chi connectivity index (χ2v) is 5.84. The molecule has 0 aliphatic carbocycles. The average molecular weight is 321 g/mol. The van der Waals surface area contributed by atoms with E-state index in [-0.39, 0.29) is 5.02 Å². The molecule has 3 rings (SSSR count). The highest BCUT2D eigenvalue weighted by molar-refractivity contribution is 7.21. The smallest absolute Gasteiger partial charge is 0.187 e. The molecule has 0 unspecified atom stereocenters. The van der Waals surface area contributed by atoms with E-state index in [0.29, 0.717) is 11.5 Å². The molecular weight excluding hydrogens is 311 g/mol. The van der Waals surface area contributed by atoms with Gasteiger partial charge in [-0.05, 0) is 35.7 Å². The molecule has 0 aliphatic rings. The molecule has 0 bridgehead atoms. The number of amidine groups is 1. The average Bonchev–Trinajstić information content (AvgIpc) is 2.92. The summed E-state index contributed by atoms with van der Waals surface area (Å²) >= 11 is 7.23. The molecule has 0 atom stereocenters. The van der Waals surface area contributed by atoms with E-state index < -0.39 is 5.82 Å².